The molecule has 2 nitrogen and oxygen atoms in total. The second-order valence-electron chi connectivity index (χ2n) is 4.16. The molecule has 2 N–H and O–H groups in total. The van der Waals surface area contributed by atoms with Crippen LogP contribution in [-0.4, -0.2) is 0 Å². The third kappa shape index (κ3) is 3.52. The van der Waals surface area contributed by atoms with E-state index in [0.717, 1.165) is 6.07 Å². The molecule has 0 aromatic heterocycles. The standard InChI is InChI=1S/C14H11BrF3NO/c15-10-4-12(17)14(18)13(5-10)20-7-9-1-8(6-19)2-11(16)3-9/h1-5H,6-7,19H2. The highest BCUT2D eigenvalue weighted by molar-refractivity contribution is 9.10. The van der Waals surface area contributed by atoms with E-state index in [9.17, 15) is 13.2 Å². The molecule has 0 aliphatic heterocycles. The van der Waals surface area contributed by atoms with Gasteiger partial charge in [-0.25, -0.2) is 8.78 Å². The van der Waals surface area contributed by atoms with Gasteiger partial charge in [-0.05, 0) is 35.4 Å². The minimum absolute atomic E-state index is 0.0857. The van der Waals surface area contributed by atoms with Gasteiger partial charge >= 0.3 is 0 Å². The first-order valence-electron chi connectivity index (χ1n) is 5.75. The van der Waals surface area contributed by atoms with Crippen LogP contribution < -0.4 is 10.5 Å². The Hall–Kier alpha value is -1.53. The molecule has 106 valence electrons. The second-order valence-corrected chi connectivity index (χ2v) is 5.08. The normalized spacial score (nSPS) is 10.7. The summed E-state index contributed by atoms with van der Waals surface area (Å²) in [6, 6.07) is 6.52. The Bertz CT molecular complexity index is 634. The lowest BCUT2D eigenvalue weighted by molar-refractivity contribution is 0.283. The largest absolute Gasteiger partial charge is 0.486 e. The summed E-state index contributed by atoms with van der Waals surface area (Å²) in [6.07, 6.45) is 0. The predicted molar refractivity (Wildman–Crippen MR) is 72.7 cm³/mol. The zero-order valence-corrected chi connectivity index (χ0v) is 11.9. The molecule has 2 aromatic carbocycles. The average molecular weight is 346 g/mol. The van der Waals surface area contributed by atoms with E-state index >= 15 is 0 Å². The summed E-state index contributed by atoms with van der Waals surface area (Å²) in [5.41, 5.74) is 6.53. The Morgan fingerprint density at radius 2 is 1.70 bits per heavy atom. The molecule has 2 aromatic rings. The Morgan fingerprint density at radius 3 is 2.40 bits per heavy atom. The van der Waals surface area contributed by atoms with Gasteiger partial charge in [0.15, 0.2) is 11.6 Å². The summed E-state index contributed by atoms with van der Waals surface area (Å²) in [5, 5.41) is 0. The van der Waals surface area contributed by atoms with Crippen molar-refractivity contribution < 1.29 is 17.9 Å². The molecule has 0 saturated heterocycles. The molecule has 0 heterocycles. The van der Waals surface area contributed by atoms with Gasteiger partial charge in [0, 0.05) is 11.0 Å². The molecule has 2 rings (SSSR count). The van der Waals surface area contributed by atoms with Crippen molar-refractivity contribution in [1.82, 2.24) is 0 Å². The van der Waals surface area contributed by atoms with E-state index in [1.165, 1.54) is 18.2 Å². The molecule has 0 spiro atoms. The van der Waals surface area contributed by atoms with Crippen LogP contribution in [0.1, 0.15) is 11.1 Å². The lowest BCUT2D eigenvalue weighted by Gasteiger charge is -2.09. The monoisotopic (exact) mass is 345 g/mol. The van der Waals surface area contributed by atoms with E-state index in [1.807, 2.05) is 0 Å². The van der Waals surface area contributed by atoms with Gasteiger partial charge in [0.05, 0.1) is 0 Å². The fourth-order valence-electron chi connectivity index (χ4n) is 1.72. The molecular weight excluding hydrogens is 335 g/mol. The number of benzene rings is 2. The molecule has 0 radical (unpaired) electrons. The van der Waals surface area contributed by atoms with E-state index in [-0.39, 0.29) is 18.9 Å². The van der Waals surface area contributed by atoms with E-state index in [0.29, 0.717) is 15.6 Å². The van der Waals surface area contributed by atoms with Crippen molar-refractivity contribution in [2.24, 2.45) is 5.73 Å². The predicted octanol–water partition coefficient (Wildman–Crippen LogP) is 3.90. The second kappa shape index (κ2) is 6.28. The van der Waals surface area contributed by atoms with Gasteiger partial charge in [-0.1, -0.05) is 22.0 Å². The Morgan fingerprint density at radius 1 is 1.00 bits per heavy atom. The molecule has 0 fully saturated rings. The summed E-state index contributed by atoms with van der Waals surface area (Å²) in [6.45, 7) is 0.0994. The van der Waals surface area contributed by atoms with Crippen LogP contribution in [0.4, 0.5) is 13.2 Å². The number of hydrogen-bond donors (Lipinski definition) is 1. The maximum Gasteiger partial charge on any atom is 0.200 e. The van der Waals surface area contributed by atoms with Gasteiger partial charge in [-0.2, -0.15) is 4.39 Å². The SMILES string of the molecule is NCc1cc(F)cc(COc2cc(Br)cc(F)c2F)c1. The zero-order chi connectivity index (χ0) is 14.7. The summed E-state index contributed by atoms with van der Waals surface area (Å²) >= 11 is 3.04. The van der Waals surface area contributed by atoms with Crippen LogP contribution in [0.25, 0.3) is 0 Å². The molecule has 6 heteroatoms. The molecule has 0 atom stereocenters. The molecule has 0 saturated carbocycles. The lowest BCUT2D eigenvalue weighted by Crippen LogP contribution is -2.03. The summed E-state index contributed by atoms with van der Waals surface area (Å²) in [7, 11) is 0. The van der Waals surface area contributed by atoms with E-state index in [1.54, 1.807) is 6.07 Å². The Kier molecular flexibility index (Phi) is 4.67. The summed E-state index contributed by atoms with van der Waals surface area (Å²) in [4.78, 5) is 0. The molecule has 0 unspecified atom stereocenters. The van der Waals surface area contributed by atoms with Gasteiger partial charge < -0.3 is 10.5 Å². The molecule has 0 bridgehead atoms. The number of nitrogens with two attached hydrogens (primary N) is 1. The van der Waals surface area contributed by atoms with Crippen LogP contribution in [0.2, 0.25) is 0 Å². The van der Waals surface area contributed by atoms with Crippen molar-refractivity contribution >= 4 is 15.9 Å². The van der Waals surface area contributed by atoms with Crippen LogP contribution in [0.15, 0.2) is 34.8 Å². The number of halogens is 4. The molecule has 0 aliphatic rings. The van der Waals surface area contributed by atoms with Crippen molar-refractivity contribution in [2.45, 2.75) is 13.2 Å². The minimum Gasteiger partial charge on any atom is -0.486 e. The first kappa shape index (κ1) is 14.9. The average Bonchev–Trinajstić information content (AvgIpc) is 2.40. The van der Waals surface area contributed by atoms with Gasteiger partial charge in [-0.15, -0.1) is 0 Å². The van der Waals surface area contributed by atoms with Gasteiger partial charge in [0.25, 0.3) is 0 Å². The third-order valence-electron chi connectivity index (χ3n) is 2.61. The summed E-state index contributed by atoms with van der Waals surface area (Å²) < 4.78 is 45.5. The van der Waals surface area contributed by atoms with Crippen molar-refractivity contribution in [3.05, 3.63) is 63.4 Å². The minimum atomic E-state index is -1.08. The van der Waals surface area contributed by atoms with Crippen molar-refractivity contribution in [3.8, 4) is 5.75 Å². The van der Waals surface area contributed by atoms with Crippen molar-refractivity contribution in [3.63, 3.8) is 0 Å². The highest BCUT2D eigenvalue weighted by Crippen LogP contribution is 2.26. The Labute approximate surface area is 122 Å². The maximum absolute atomic E-state index is 13.5. The third-order valence-corrected chi connectivity index (χ3v) is 3.06. The molecule has 0 aliphatic carbocycles. The first-order chi connectivity index (χ1) is 9.49. The quantitative estimate of drug-likeness (QED) is 0.853. The maximum atomic E-state index is 13.5. The van der Waals surface area contributed by atoms with E-state index in [4.69, 9.17) is 10.5 Å². The highest BCUT2D eigenvalue weighted by Gasteiger charge is 2.11. The molecular formula is C14H11BrF3NO. The van der Waals surface area contributed by atoms with E-state index in [2.05, 4.69) is 15.9 Å². The Balaban J connectivity index is 2.19. The van der Waals surface area contributed by atoms with Crippen LogP contribution in [0.3, 0.4) is 0 Å². The summed E-state index contributed by atoms with van der Waals surface area (Å²) in [5.74, 6) is -2.79. The topological polar surface area (TPSA) is 35.2 Å². The molecule has 20 heavy (non-hydrogen) atoms. The van der Waals surface area contributed by atoms with Crippen molar-refractivity contribution in [2.75, 3.05) is 0 Å². The zero-order valence-electron chi connectivity index (χ0n) is 10.3. The smallest absolute Gasteiger partial charge is 0.200 e. The van der Waals surface area contributed by atoms with Crippen LogP contribution in [0.5, 0.6) is 5.75 Å². The first-order valence-corrected chi connectivity index (χ1v) is 6.54. The van der Waals surface area contributed by atoms with E-state index < -0.39 is 17.5 Å². The van der Waals surface area contributed by atoms with Crippen LogP contribution >= 0.6 is 15.9 Å². The number of ether oxygens (including phenoxy) is 1. The van der Waals surface area contributed by atoms with Crippen LogP contribution in [0, 0.1) is 17.5 Å². The number of rotatable bonds is 4. The highest BCUT2D eigenvalue weighted by atomic mass is 79.9. The lowest BCUT2D eigenvalue weighted by atomic mass is 10.1. The fraction of sp³-hybridized carbons (Fsp3) is 0.143. The molecule has 0 amide bonds. The van der Waals surface area contributed by atoms with Gasteiger partial charge in [-0.3, -0.25) is 0 Å². The van der Waals surface area contributed by atoms with Crippen molar-refractivity contribution in [1.29, 1.82) is 0 Å². The van der Waals surface area contributed by atoms with Crippen LogP contribution in [-0.2, 0) is 13.2 Å². The fourth-order valence-corrected chi connectivity index (χ4v) is 2.13. The number of hydrogen-bond acceptors (Lipinski definition) is 2. The van der Waals surface area contributed by atoms with Gasteiger partial charge in [0.1, 0.15) is 12.4 Å². The van der Waals surface area contributed by atoms with Gasteiger partial charge in [0.2, 0.25) is 5.82 Å².